The topological polar surface area (TPSA) is 77.8 Å². The lowest BCUT2D eigenvalue weighted by Gasteiger charge is -2.39. The van der Waals surface area contributed by atoms with Gasteiger partial charge in [0.15, 0.2) is 5.78 Å². The van der Waals surface area contributed by atoms with Gasteiger partial charge in [-0.15, -0.1) is 0 Å². The molecule has 0 aromatic rings. The molecule has 0 aromatic carbocycles. The van der Waals surface area contributed by atoms with Crippen molar-refractivity contribution in [1.29, 1.82) is 0 Å². The number of carbonyl (C=O) groups is 1. The van der Waals surface area contributed by atoms with Crippen LogP contribution < -0.4 is 0 Å². The number of aliphatic hydroxyl groups is 3. The predicted octanol–water partition coefficient (Wildman–Crippen LogP) is 9.47. The van der Waals surface area contributed by atoms with Crippen molar-refractivity contribution in [3.8, 4) is 0 Å². The molecule has 6 atom stereocenters. The van der Waals surface area contributed by atoms with E-state index in [2.05, 4.69) is 73.6 Å². The number of rotatable bonds is 17. The summed E-state index contributed by atoms with van der Waals surface area (Å²) in [4.78, 5) is 13.0. The van der Waals surface area contributed by atoms with Gasteiger partial charge in [0.1, 0.15) is 0 Å². The van der Waals surface area contributed by atoms with Crippen LogP contribution in [0.15, 0.2) is 58.7 Å². The molecule has 0 aliphatic heterocycles. The Balaban J connectivity index is 1.68. The molecule has 2 rings (SSSR count). The van der Waals surface area contributed by atoms with Gasteiger partial charge in [0, 0.05) is 17.9 Å². The van der Waals surface area contributed by atoms with E-state index in [4.69, 9.17) is 0 Å². The first-order valence-electron chi connectivity index (χ1n) is 17.5. The lowest BCUT2D eigenvalue weighted by molar-refractivity contribution is -0.115. The summed E-state index contributed by atoms with van der Waals surface area (Å²) in [6, 6.07) is 0. The van der Waals surface area contributed by atoms with Crippen molar-refractivity contribution in [3.63, 3.8) is 0 Å². The van der Waals surface area contributed by atoms with E-state index >= 15 is 0 Å². The average molecular weight is 611 g/mol. The molecule has 4 nitrogen and oxygen atoms in total. The van der Waals surface area contributed by atoms with Crippen molar-refractivity contribution in [2.75, 3.05) is 6.61 Å². The zero-order valence-electron chi connectivity index (χ0n) is 29.7. The maximum absolute atomic E-state index is 13.0. The van der Waals surface area contributed by atoms with Crippen LogP contribution in [-0.2, 0) is 4.79 Å². The Morgan fingerprint density at radius 2 is 1.55 bits per heavy atom. The van der Waals surface area contributed by atoms with Gasteiger partial charge in [0.05, 0.1) is 18.8 Å². The number of ketones is 1. The van der Waals surface area contributed by atoms with Crippen LogP contribution in [0.3, 0.4) is 0 Å². The Morgan fingerprint density at radius 1 is 0.932 bits per heavy atom. The summed E-state index contributed by atoms with van der Waals surface area (Å²) >= 11 is 0. The molecule has 0 fully saturated rings. The minimum Gasteiger partial charge on any atom is -0.393 e. The summed E-state index contributed by atoms with van der Waals surface area (Å²) in [5.41, 5.74) is 3.87. The molecule has 2 aliphatic rings. The fourth-order valence-electron chi connectivity index (χ4n) is 7.64. The highest BCUT2D eigenvalue weighted by molar-refractivity contribution is 5.97. The Hall–Kier alpha value is -1.75. The summed E-state index contributed by atoms with van der Waals surface area (Å²) in [6.45, 7) is 19.6. The molecule has 3 N–H and O–H groups in total. The summed E-state index contributed by atoms with van der Waals surface area (Å²) in [5, 5.41) is 30.1. The Morgan fingerprint density at radius 3 is 2.18 bits per heavy atom. The number of carbonyl (C=O) groups excluding carboxylic acids is 1. The monoisotopic (exact) mass is 610 g/mol. The van der Waals surface area contributed by atoms with Crippen molar-refractivity contribution in [2.24, 2.45) is 34.5 Å². The van der Waals surface area contributed by atoms with Gasteiger partial charge in [-0.3, -0.25) is 4.79 Å². The molecule has 3 unspecified atom stereocenters. The lowest BCUT2D eigenvalue weighted by Crippen LogP contribution is -2.32. The molecule has 0 bridgehead atoms. The second-order valence-electron chi connectivity index (χ2n) is 15.8. The molecule has 4 heteroatoms. The van der Waals surface area contributed by atoms with Crippen LogP contribution in [-0.4, -0.2) is 39.9 Å². The number of unbranched alkanes of at least 4 members (excludes halogenated alkanes) is 1. The minimum atomic E-state index is -0.342. The average Bonchev–Trinajstić information content (AvgIpc) is 2.89. The maximum Gasteiger partial charge on any atom is 0.165 e. The zero-order valence-corrected chi connectivity index (χ0v) is 29.7. The molecule has 0 aromatic heterocycles. The largest absolute Gasteiger partial charge is 0.393 e. The smallest absolute Gasteiger partial charge is 0.165 e. The SMILES string of the molecule is CC1=C[C@H](O)CC(C)(C)[C@H]1/C=C/C(C)CCCC(C)CCCCC(C)/C=C/C=C(\CO)C(=O)CC1=C(C)C[C@@H](O)CC1(C)C. The van der Waals surface area contributed by atoms with Gasteiger partial charge in [-0.2, -0.15) is 0 Å². The standard InChI is InChI=1S/C40H66O4/c1-28(16-12-17-30(3)20-21-36-31(4)22-34(42)25-39(36,6)7)14-10-11-15-29(2)18-13-19-33(27-41)38(44)24-37-32(5)23-35(43)26-40(37,8)9/h13,18-22,28-30,34-36,41-43H,10-12,14-17,23-27H2,1-9H3/b18-13+,21-20+,33-19+/t28?,29?,30?,34-,35+,36-/m0/s1. The van der Waals surface area contributed by atoms with E-state index in [1.165, 1.54) is 44.1 Å². The van der Waals surface area contributed by atoms with Crippen molar-refractivity contribution < 1.29 is 20.1 Å². The van der Waals surface area contributed by atoms with Crippen molar-refractivity contribution >= 4 is 5.78 Å². The summed E-state index contributed by atoms with van der Waals surface area (Å²) in [6.07, 6.45) is 23.1. The van der Waals surface area contributed by atoms with Gasteiger partial charge >= 0.3 is 0 Å². The van der Waals surface area contributed by atoms with E-state index in [9.17, 15) is 20.1 Å². The normalized spacial score (nSPS) is 26.2. The number of Topliss-reactive ketones (excluding diaryl/α,β-unsaturated/α-hetero) is 1. The Kier molecular flexibility index (Phi) is 15.6. The van der Waals surface area contributed by atoms with E-state index in [1.54, 1.807) is 6.08 Å². The highest BCUT2D eigenvalue weighted by Crippen LogP contribution is 2.43. The number of allylic oxidation sites excluding steroid dienone is 7. The van der Waals surface area contributed by atoms with E-state index in [-0.39, 0.29) is 35.4 Å². The second-order valence-corrected chi connectivity index (χ2v) is 15.8. The summed E-state index contributed by atoms with van der Waals surface area (Å²) in [5.74, 6) is 2.15. The Labute approximate surface area is 270 Å². The van der Waals surface area contributed by atoms with Crippen molar-refractivity contribution in [2.45, 2.75) is 145 Å². The molecular weight excluding hydrogens is 544 g/mol. The van der Waals surface area contributed by atoms with Gasteiger partial charge in [-0.1, -0.05) is 134 Å². The quantitative estimate of drug-likeness (QED) is 0.0663. The maximum atomic E-state index is 13.0. The van der Waals surface area contributed by atoms with Crippen molar-refractivity contribution in [3.05, 3.63) is 58.7 Å². The third kappa shape index (κ3) is 12.6. The van der Waals surface area contributed by atoms with Crippen LogP contribution in [0.25, 0.3) is 0 Å². The zero-order chi connectivity index (χ0) is 33.1. The highest BCUT2D eigenvalue weighted by atomic mass is 16.3. The molecule has 250 valence electrons. The molecule has 0 saturated heterocycles. The molecule has 0 radical (unpaired) electrons. The molecule has 0 amide bonds. The number of aliphatic hydroxyl groups excluding tert-OH is 3. The summed E-state index contributed by atoms with van der Waals surface area (Å²) < 4.78 is 0. The highest BCUT2D eigenvalue weighted by Gasteiger charge is 2.35. The molecule has 0 spiro atoms. The van der Waals surface area contributed by atoms with Crippen LogP contribution in [0.2, 0.25) is 0 Å². The molecule has 44 heavy (non-hydrogen) atoms. The lowest BCUT2D eigenvalue weighted by atomic mass is 9.67. The predicted molar refractivity (Wildman–Crippen MR) is 186 cm³/mol. The van der Waals surface area contributed by atoms with E-state index in [0.717, 1.165) is 29.9 Å². The molecule has 0 heterocycles. The van der Waals surface area contributed by atoms with Gasteiger partial charge < -0.3 is 15.3 Å². The van der Waals surface area contributed by atoms with Crippen LogP contribution in [0.1, 0.15) is 133 Å². The van der Waals surface area contributed by atoms with Gasteiger partial charge in [0.2, 0.25) is 0 Å². The fourth-order valence-corrected chi connectivity index (χ4v) is 7.64. The van der Waals surface area contributed by atoms with Crippen molar-refractivity contribution in [1.82, 2.24) is 0 Å². The number of hydrogen-bond donors (Lipinski definition) is 3. The van der Waals surface area contributed by atoms with E-state index in [1.807, 2.05) is 19.1 Å². The third-order valence-electron chi connectivity index (χ3n) is 10.3. The Bertz CT molecular complexity index is 1070. The van der Waals surface area contributed by atoms with E-state index < -0.39 is 0 Å². The van der Waals surface area contributed by atoms with Crippen LogP contribution in [0, 0.1) is 34.5 Å². The van der Waals surface area contributed by atoms with Crippen LogP contribution in [0.5, 0.6) is 0 Å². The van der Waals surface area contributed by atoms with Crippen LogP contribution >= 0.6 is 0 Å². The summed E-state index contributed by atoms with van der Waals surface area (Å²) in [7, 11) is 0. The minimum absolute atomic E-state index is 0.0239. The second kappa shape index (κ2) is 17.8. The van der Waals surface area contributed by atoms with E-state index in [0.29, 0.717) is 42.6 Å². The van der Waals surface area contributed by atoms with Gasteiger partial charge in [-0.25, -0.2) is 0 Å². The van der Waals surface area contributed by atoms with Gasteiger partial charge in [-0.05, 0) is 74.5 Å². The fraction of sp³-hybridized carbons (Fsp3) is 0.725. The molecule has 0 saturated carbocycles. The first-order valence-corrected chi connectivity index (χ1v) is 17.5. The number of hydrogen-bond acceptors (Lipinski definition) is 4. The molecule has 2 aliphatic carbocycles. The third-order valence-corrected chi connectivity index (χ3v) is 10.3. The first kappa shape index (κ1) is 38.4. The molecular formula is C40H66O4. The van der Waals surface area contributed by atoms with Crippen LogP contribution in [0.4, 0.5) is 0 Å². The first-order chi connectivity index (χ1) is 20.6. The van der Waals surface area contributed by atoms with Gasteiger partial charge in [0.25, 0.3) is 0 Å².